The van der Waals surface area contributed by atoms with Crippen molar-refractivity contribution in [3.63, 3.8) is 0 Å². The number of hydrogen-bond donors (Lipinski definition) is 2. The molecule has 1 heterocycles. The molecule has 0 amide bonds. The molecule has 1 aliphatic rings. The lowest BCUT2D eigenvalue weighted by molar-refractivity contribution is 0.585. The second-order valence-corrected chi connectivity index (χ2v) is 3.84. The third-order valence-electron chi connectivity index (χ3n) is 2.28. The molecule has 0 atom stereocenters. The maximum atomic E-state index is 3.66. The molecular weight excluding hydrogens is 160 g/mol. The molecule has 0 saturated heterocycles. The summed E-state index contributed by atoms with van der Waals surface area (Å²) in [5.74, 6) is 0.743. The fraction of sp³-hybridized carbons (Fsp3) is 0.545. The zero-order valence-corrected chi connectivity index (χ0v) is 8.70. The summed E-state index contributed by atoms with van der Waals surface area (Å²) in [6.45, 7) is 10.2. The lowest BCUT2D eigenvalue weighted by Crippen LogP contribution is -2.21. The fourth-order valence-electron chi connectivity index (χ4n) is 1.39. The SMILES string of the molecule is C=C=C1NNC(C)=C1CCC(C)C. The Labute approximate surface area is 80.4 Å². The van der Waals surface area contributed by atoms with E-state index >= 15 is 0 Å². The normalized spacial score (nSPS) is 15.8. The molecule has 1 rings (SSSR count). The van der Waals surface area contributed by atoms with E-state index in [-0.39, 0.29) is 0 Å². The van der Waals surface area contributed by atoms with E-state index in [4.69, 9.17) is 0 Å². The number of hydrogen-bond acceptors (Lipinski definition) is 2. The molecule has 0 aromatic carbocycles. The van der Waals surface area contributed by atoms with Gasteiger partial charge in [0.25, 0.3) is 0 Å². The van der Waals surface area contributed by atoms with Crippen LogP contribution in [0.1, 0.15) is 33.6 Å². The van der Waals surface area contributed by atoms with E-state index in [1.807, 2.05) is 0 Å². The van der Waals surface area contributed by atoms with Crippen molar-refractivity contribution < 1.29 is 0 Å². The highest BCUT2D eigenvalue weighted by Crippen LogP contribution is 2.22. The Bertz CT molecular complexity index is 268. The topological polar surface area (TPSA) is 24.1 Å². The molecule has 0 unspecified atom stereocenters. The Balaban J connectivity index is 2.65. The largest absolute Gasteiger partial charge is 0.304 e. The Morgan fingerprint density at radius 3 is 2.62 bits per heavy atom. The van der Waals surface area contributed by atoms with Gasteiger partial charge in [-0.05, 0) is 25.7 Å². The lowest BCUT2D eigenvalue weighted by atomic mass is 10.0. The van der Waals surface area contributed by atoms with Gasteiger partial charge in [-0.25, -0.2) is 0 Å². The summed E-state index contributed by atoms with van der Waals surface area (Å²) >= 11 is 0. The zero-order chi connectivity index (χ0) is 9.84. The first kappa shape index (κ1) is 9.94. The number of nitrogens with one attached hydrogen (secondary N) is 2. The quantitative estimate of drug-likeness (QED) is 0.649. The Morgan fingerprint density at radius 1 is 1.38 bits per heavy atom. The van der Waals surface area contributed by atoms with Crippen molar-refractivity contribution in [1.82, 2.24) is 10.9 Å². The molecule has 72 valence electrons. The summed E-state index contributed by atoms with van der Waals surface area (Å²) in [6.07, 6.45) is 2.31. The van der Waals surface area contributed by atoms with Crippen LogP contribution in [0.2, 0.25) is 0 Å². The molecule has 0 fully saturated rings. The Kier molecular flexibility index (Phi) is 3.21. The van der Waals surface area contributed by atoms with E-state index in [9.17, 15) is 0 Å². The first-order chi connectivity index (χ1) is 6.15. The molecule has 13 heavy (non-hydrogen) atoms. The first-order valence-corrected chi connectivity index (χ1v) is 4.77. The maximum Gasteiger partial charge on any atom is 0.100 e. The molecule has 0 spiro atoms. The van der Waals surface area contributed by atoms with Crippen LogP contribution in [-0.4, -0.2) is 0 Å². The molecule has 0 aliphatic carbocycles. The summed E-state index contributed by atoms with van der Waals surface area (Å²) < 4.78 is 0. The average Bonchev–Trinajstić information content (AvgIpc) is 2.43. The van der Waals surface area contributed by atoms with Crippen molar-refractivity contribution in [2.45, 2.75) is 33.6 Å². The smallest absolute Gasteiger partial charge is 0.100 e. The van der Waals surface area contributed by atoms with Crippen molar-refractivity contribution in [3.05, 3.63) is 29.3 Å². The molecule has 2 N–H and O–H groups in total. The van der Waals surface area contributed by atoms with E-state index in [0.717, 1.165) is 18.0 Å². The standard InChI is InChI=1S/C11H18N2/c1-5-11-10(7-6-8(2)3)9(4)12-13-11/h8,12-13H,1,6-7H2,2-4H3. The summed E-state index contributed by atoms with van der Waals surface area (Å²) in [4.78, 5) is 0. The van der Waals surface area contributed by atoms with Crippen LogP contribution in [0.3, 0.4) is 0 Å². The van der Waals surface area contributed by atoms with Crippen molar-refractivity contribution >= 4 is 0 Å². The van der Waals surface area contributed by atoms with Crippen LogP contribution in [0.4, 0.5) is 0 Å². The van der Waals surface area contributed by atoms with E-state index < -0.39 is 0 Å². The molecule has 0 radical (unpaired) electrons. The molecule has 0 aromatic heterocycles. The van der Waals surface area contributed by atoms with E-state index in [1.54, 1.807) is 0 Å². The van der Waals surface area contributed by atoms with Crippen LogP contribution >= 0.6 is 0 Å². The fourth-order valence-corrected chi connectivity index (χ4v) is 1.39. The minimum absolute atomic E-state index is 0.743. The van der Waals surface area contributed by atoms with Gasteiger partial charge >= 0.3 is 0 Å². The number of hydrazine groups is 1. The lowest BCUT2D eigenvalue weighted by Gasteiger charge is -2.05. The van der Waals surface area contributed by atoms with Crippen LogP contribution in [0.15, 0.2) is 29.3 Å². The van der Waals surface area contributed by atoms with Gasteiger partial charge in [-0.3, -0.25) is 5.43 Å². The second-order valence-electron chi connectivity index (χ2n) is 3.84. The summed E-state index contributed by atoms with van der Waals surface area (Å²) in [6, 6.07) is 0. The van der Waals surface area contributed by atoms with E-state index in [1.165, 1.54) is 17.7 Å². The minimum atomic E-state index is 0.743. The van der Waals surface area contributed by atoms with Crippen LogP contribution in [0.5, 0.6) is 0 Å². The van der Waals surface area contributed by atoms with Crippen molar-refractivity contribution in [2.24, 2.45) is 5.92 Å². The summed E-state index contributed by atoms with van der Waals surface area (Å²) in [5.41, 5.74) is 12.6. The van der Waals surface area contributed by atoms with Gasteiger partial charge < -0.3 is 5.43 Å². The van der Waals surface area contributed by atoms with Gasteiger partial charge in [0.05, 0.1) is 0 Å². The highest BCUT2D eigenvalue weighted by Gasteiger charge is 2.14. The monoisotopic (exact) mass is 178 g/mol. The maximum absolute atomic E-state index is 3.66. The van der Waals surface area contributed by atoms with Gasteiger partial charge in [-0.15, -0.1) is 5.73 Å². The van der Waals surface area contributed by atoms with E-state index in [2.05, 4.69) is 43.9 Å². The van der Waals surface area contributed by atoms with Crippen LogP contribution < -0.4 is 10.9 Å². The summed E-state index contributed by atoms with van der Waals surface area (Å²) in [5, 5.41) is 0. The zero-order valence-electron chi connectivity index (χ0n) is 8.70. The predicted octanol–water partition coefficient (Wildman–Crippen LogP) is 2.47. The Morgan fingerprint density at radius 2 is 2.08 bits per heavy atom. The third-order valence-corrected chi connectivity index (χ3v) is 2.28. The van der Waals surface area contributed by atoms with Crippen LogP contribution in [-0.2, 0) is 0 Å². The highest BCUT2D eigenvalue weighted by molar-refractivity contribution is 5.35. The van der Waals surface area contributed by atoms with Crippen LogP contribution in [0, 0.1) is 5.92 Å². The van der Waals surface area contributed by atoms with Gasteiger partial charge in [0.15, 0.2) is 0 Å². The molecular formula is C11H18N2. The first-order valence-electron chi connectivity index (χ1n) is 4.77. The molecule has 0 aromatic rings. The predicted molar refractivity (Wildman–Crippen MR) is 55.7 cm³/mol. The van der Waals surface area contributed by atoms with Gasteiger partial charge in [-0.1, -0.05) is 20.4 Å². The summed E-state index contributed by atoms with van der Waals surface area (Å²) in [7, 11) is 0. The van der Waals surface area contributed by atoms with Gasteiger partial charge in [-0.2, -0.15) is 0 Å². The molecule has 2 heteroatoms. The van der Waals surface area contributed by atoms with Crippen molar-refractivity contribution in [3.8, 4) is 0 Å². The van der Waals surface area contributed by atoms with Crippen molar-refractivity contribution in [1.29, 1.82) is 0 Å². The second kappa shape index (κ2) is 4.20. The van der Waals surface area contributed by atoms with Gasteiger partial charge in [0, 0.05) is 11.3 Å². The molecule has 0 saturated carbocycles. The third kappa shape index (κ3) is 2.40. The molecule has 0 bridgehead atoms. The van der Waals surface area contributed by atoms with Crippen LogP contribution in [0.25, 0.3) is 0 Å². The van der Waals surface area contributed by atoms with Gasteiger partial charge in [0.1, 0.15) is 5.70 Å². The molecule has 1 aliphatic heterocycles. The number of allylic oxidation sites excluding steroid dienone is 2. The Hall–Kier alpha value is -1.14. The average molecular weight is 178 g/mol. The molecule has 2 nitrogen and oxygen atoms in total. The van der Waals surface area contributed by atoms with Gasteiger partial charge in [0.2, 0.25) is 0 Å². The van der Waals surface area contributed by atoms with E-state index in [0.29, 0.717) is 0 Å². The highest BCUT2D eigenvalue weighted by atomic mass is 15.4. The number of rotatable bonds is 3. The minimum Gasteiger partial charge on any atom is -0.304 e. The van der Waals surface area contributed by atoms with Crippen molar-refractivity contribution in [2.75, 3.05) is 0 Å².